The van der Waals surface area contributed by atoms with Gasteiger partial charge in [-0.05, 0) is 46.8 Å². The molecule has 4 nitrogen and oxygen atoms in total. The van der Waals surface area contributed by atoms with E-state index in [2.05, 4.69) is 25.5 Å². The van der Waals surface area contributed by atoms with Gasteiger partial charge < -0.3 is 9.47 Å². The molecule has 0 N–H and O–H groups in total. The Balaban J connectivity index is 1.72. The van der Waals surface area contributed by atoms with Gasteiger partial charge in [0.2, 0.25) is 0 Å². The molecule has 104 valence electrons. The Morgan fingerprint density at radius 1 is 1.30 bits per heavy atom. The summed E-state index contributed by atoms with van der Waals surface area (Å²) in [6.07, 6.45) is 3.86. The van der Waals surface area contributed by atoms with Crippen molar-refractivity contribution in [1.82, 2.24) is 14.5 Å². The molecule has 1 saturated carbocycles. The van der Waals surface area contributed by atoms with Gasteiger partial charge in [-0.25, -0.2) is 4.98 Å². The quantitative estimate of drug-likeness (QED) is 0.847. The predicted octanol–water partition coefficient (Wildman–Crippen LogP) is 3.05. The first kappa shape index (κ1) is 12.4. The molecule has 0 radical (unpaired) electrons. The number of benzene rings is 1. The molecular weight excluding hydrogens is 318 g/mol. The molecule has 0 atom stereocenters. The zero-order valence-corrected chi connectivity index (χ0v) is 12.8. The van der Waals surface area contributed by atoms with Gasteiger partial charge in [-0.2, -0.15) is 0 Å². The first-order valence-electron chi connectivity index (χ1n) is 7.18. The van der Waals surface area contributed by atoms with Crippen LogP contribution >= 0.6 is 15.9 Å². The van der Waals surface area contributed by atoms with Crippen LogP contribution in [0.4, 0.5) is 0 Å². The lowest BCUT2D eigenvalue weighted by atomic mass is 9.85. The number of amides is 1. The SMILES string of the molecule is O=C1c2nc3cccc(Br)c3n2CCN1CC1CCC1. The molecule has 20 heavy (non-hydrogen) atoms. The summed E-state index contributed by atoms with van der Waals surface area (Å²) in [6.45, 7) is 2.55. The number of para-hydroxylation sites is 1. The van der Waals surface area contributed by atoms with Gasteiger partial charge in [0.05, 0.1) is 11.0 Å². The fraction of sp³-hybridized carbons (Fsp3) is 0.467. The van der Waals surface area contributed by atoms with Crippen molar-refractivity contribution < 1.29 is 4.79 Å². The van der Waals surface area contributed by atoms with Crippen LogP contribution in [0.1, 0.15) is 29.9 Å². The van der Waals surface area contributed by atoms with Crippen LogP contribution < -0.4 is 0 Å². The summed E-state index contributed by atoms with van der Waals surface area (Å²) in [4.78, 5) is 19.1. The predicted molar refractivity (Wildman–Crippen MR) is 80.7 cm³/mol. The van der Waals surface area contributed by atoms with E-state index >= 15 is 0 Å². The molecule has 1 aliphatic carbocycles. The highest BCUT2D eigenvalue weighted by atomic mass is 79.9. The van der Waals surface area contributed by atoms with E-state index in [0.29, 0.717) is 11.7 Å². The minimum absolute atomic E-state index is 0.0891. The molecule has 4 rings (SSSR count). The fourth-order valence-corrected chi connectivity index (χ4v) is 3.72. The summed E-state index contributed by atoms with van der Waals surface area (Å²) >= 11 is 3.57. The second-order valence-corrected chi connectivity index (χ2v) is 6.60. The molecule has 2 heterocycles. The zero-order chi connectivity index (χ0) is 13.7. The molecule has 1 aromatic heterocycles. The summed E-state index contributed by atoms with van der Waals surface area (Å²) in [7, 11) is 0. The van der Waals surface area contributed by atoms with Crippen molar-refractivity contribution in [3.63, 3.8) is 0 Å². The van der Waals surface area contributed by atoms with Gasteiger partial charge in [-0.1, -0.05) is 12.5 Å². The summed E-state index contributed by atoms with van der Waals surface area (Å²) in [5, 5.41) is 0. The smallest absolute Gasteiger partial charge is 0.289 e. The number of carbonyl (C=O) groups excluding carboxylic acids is 1. The Morgan fingerprint density at radius 3 is 2.90 bits per heavy atom. The van der Waals surface area contributed by atoms with Crippen molar-refractivity contribution in [2.24, 2.45) is 5.92 Å². The van der Waals surface area contributed by atoms with Crippen molar-refractivity contribution in [3.05, 3.63) is 28.5 Å². The van der Waals surface area contributed by atoms with Gasteiger partial charge in [0.1, 0.15) is 0 Å². The van der Waals surface area contributed by atoms with Gasteiger partial charge in [0.15, 0.2) is 5.82 Å². The van der Waals surface area contributed by atoms with Crippen LogP contribution in [0.25, 0.3) is 11.0 Å². The third kappa shape index (κ3) is 1.79. The molecule has 0 unspecified atom stereocenters. The van der Waals surface area contributed by atoms with Gasteiger partial charge in [-0.15, -0.1) is 0 Å². The van der Waals surface area contributed by atoms with Crippen molar-refractivity contribution in [2.75, 3.05) is 13.1 Å². The van der Waals surface area contributed by atoms with Gasteiger partial charge in [-0.3, -0.25) is 4.79 Å². The Labute approximate surface area is 125 Å². The average molecular weight is 334 g/mol. The summed E-state index contributed by atoms with van der Waals surface area (Å²) < 4.78 is 3.06. The van der Waals surface area contributed by atoms with Crippen molar-refractivity contribution in [3.8, 4) is 0 Å². The topological polar surface area (TPSA) is 38.1 Å². The summed E-state index contributed by atoms with van der Waals surface area (Å²) in [5.41, 5.74) is 1.94. The highest BCUT2D eigenvalue weighted by molar-refractivity contribution is 9.10. The number of fused-ring (bicyclic) bond motifs is 3. The first-order valence-corrected chi connectivity index (χ1v) is 7.97. The highest BCUT2D eigenvalue weighted by Gasteiger charge is 2.31. The lowest BCUT2D eigenvalue weighted by Crippen LogP contribution is -2.44. The maximum absolute atomic E-state index is 12.6. The number of imidazole rings is 1. The number of carbonyl (C=O) groups is 1. The van der Waals surface area contributed by atoms with Gasteiger partial charge >= 0.3 is 0 Å². The van der Waals surface area contributed by atoms with Crippen LogP contribution in [0, 0.1) is 5.92 Å². The third-order valence-electron chi connectivity index (χ3n) is 4.49. The first-order chi connectivity index (χ1) is 9.74. The van der Waals surface area contributed by atoms with Crippen LogP contribution in [0.3, 0.4) is 0 Å². The Hall–Kier alpha value is -1.36. The van der Waals surface area contributed by atoms with Crippen LogP contribution in [-0.4, -0.2) is 33.4 Å². The summed E-state index contributed by atoms with van der Waals surface area (Å²) in [6, 6.07) is 5.93. The highest BCUT2D eigenvalue weighted by Crippen LogP contribution is 2.30. The second kappa shape index (κ2) is 4.58. The van der Waals surface area contributed by atoms with E-state index in [1.165, 1.54) is 19.3 Å². The fourth-order valence-electron chi connectivity index (χ4n) is 3.15. The number of hydrogen-bond donors (Lipinski definition) is 0. The molecule has 0 bridgehead atoms. The van der Waals surface area contributed by atoms with E-state index in [-0.39, 0.29) is 5.91 Å². The standard InChI is InChI=1S/C15H16BrN3O/c16-11-5-2-6-12-13(11)19-8-7-18(9-10-3-1-4-10)15(20)14(19)17-12/h2,5-6,10H,1,3-4,7-9H2. The molecule has 1 amide bonds. The van der Waals surface area contributed by atoms with Crippen molar-refractivity contribution in [2.45, 2.75) is 25.8 Å². The van der Waals surface area contributed by atoms with E-state index in [0.717, 1.165) is 35.1 Å². The van der Waals surface area contributed by atoms with E-state index in [1.807, 2.05) is 23.1 Å². The minimum Gasteiger partial charge on any atom is -0.334 e. The Kier molecular flexibility index (Phi) is 2.84. The molecule has 1 fully saturated rings. The zero-order valence-electron chi connectivity index (χ0n) is 11.2. The van der Waals surface area contributed by atoms with Crippen LogP contribution in [0.5, 0.6) is 0 Å². The third-order valence-corrected chi connectivity index (χ3v) is 5.13. The molecule has 2 aromatic rings. The minimum atomic E-state index is 0.0891. The average Bonchev–Trinajstić information content (AvgIpc) is 2.77. The number of halogens is 1. The monoisotopic (exact) mass is 333 g/mol. The van der Waals surface area contributed by atoms with Gasteiger partial charge in [0.25, 0.3) is 5.91 Å². The van der Waals surface area contributed by atoms with E-state index < -0.39 is 0 Å². The van der Waals surface area contributed by atoms with E-state index in [4.69, 9.17) is 0 Å². The number of aromatic nitrogens is 2. The van der Waals surface area contributed by atoms with Crippen molar-refractivity contribution >= 4 is 32.9 Å². The Morgan fingerprint density at radius 2 is 2.15 bits per heavy atom. The van der Waals surface area contributed by atoms with Gasteiger partial charge in [0, 0.05) is 24.1 Å². The number of hydrogen-bond acceptors (Lipinski definition) is 2. The molecule has 5 heteroatoms. The molecule has 1 aliphatic heterocycles. The largest absolute Gasteiger partial charge is 0.334 e. The molecule has 2 aliphatic rings. The maximum Gasteiger partial charge on any atom is 0.289 e. The van der Waals surface area contributed by atoms with Crippen LogP contribution in [0.2, 0.25) is 0 Å². The van der Waals surface area contributed by atoms with E-state index in [1.54, 1.807) is 0 Å². The van der Waals surface area contributed by atoms with Crippen molar-refractivity contribution in [1.29, 1.82) is 0 Å². The molecular formula is C15H16BrN3O. The summed E-state index contributed by atoms with van der Waals surface area (Å²) in [5.74, 6) is 1.39. The Bertz CT molecular complexity index is 690. The molecule has 0 spiro atoms. The number of rotatable bonds is 2. The lowest BCUT2D eigenvalue weighted by molar-refractivity contribution is 0.0634. The maximum atomic E-state index is 12.6. The van der Waals surface area contributed by atoms with Crippen LogP contribution in [0.15, 0.2) is 22.7 Å². The second-order valence-electron chi connectivity index (χ2n) is 5.74. The molecule has 0 saturated heterocycles. The van der Waals surface area contributed by atoms with Crippen LogP contribution in [-0.2, 0) is 6.54 Å². The molecule has 1 aromatic carbocycles. The lowest BCUT2D eigenvalue weighted by Gasteiger charge is -2.34. The normalized spacial score (nSPS) is 19.2. The number of nitrogens with zero attached hydrogens (tertiary/aromatic N) is 3. The van der Waals surface area contributed by atoms with E-state index in [9.17, 15) is 4.79 Å².